The predicted molar refractivity (Wildman–Crippen MR) is 196 cm³/mol. The molecule has 5 nitrogen and oxygen atoms in total. The van der Waals surface area contributed by atoms with Crippen LogP contribution < -0.4 is 5.32 Å². The van der Waals surface area contributed by atoms with Gasteiger partial charge in [-0.05, 0) is 59.3 Å². The average Bonchev–Trinajstić information content (AvgIpc) is 3.73. The summed E-state index contributed by atoms with van der Waals surface area (Å²) in [5.41, 5.74) is 8.25. The number of nitrogens with two attached hydrogens (primary N) is 1. The maximum absolute atomic E-state index is 6.73. The Labute approximate surface area is 276 Å². The zero-order chi connectivity index (χ0) is 31.6. The van der Waals surface area contributed by atoms with Gasteiger partial charge in [0.05, 0.1) is 16.6 Å². The predicted octanol–water partition coefficient (Wildman–Crippen LogP) is 9.31. The molecule has 3 heterocycles. The lowest BCUT2D eigenvalue weighted by atomic mass is 9.99. The van der Waals surface area contributed by atoms with E-state index in [4.69, 9.17) is 14.4 Å². The van der Waals surface area contributed by atoms with Crippen LogP contribution in [0, 0.1) is 0 Å². The van der Waals surface area contributed by atoms with Crippen LogP contribution in [0.1, 0.15) is 22.9 Å². The van der Waals surface area contributed by atoms with Gasteiger partial charge in [0.15, 0.2) is 11.4 Å². The molecule has 0 spiro atoms. The molecule has 1 atom stereocenters. The second-order valence-electron chi connectivity index (χ2n) is 12.3. The number of furan rings is 1. The van der Waals surface area contributed by atoms with Crippen LogP contribution in [0.2, 0.25) is 0 Å². The SMILES string of the molecule is c1ccc(C2=NC(c3ccc(-n4c5ccccc5c5c6ccccc6c6c7ccccc7oc6c54)cc3)=NC(c3ccccc3)[NH2+]2)cc1. The van der Waals surface area contributed by atoms with Crippen LogP contribution >= 0.6 is 0 Å². The van der Waals surface area contributed by atoms with Crippen molar-refractivity contribution < 1.29 is 9.73 Å². The van der Waals surface area contributed by atoms with E-state index in [1.54, 1.807) is 0 Å². The Hall–Kier alpha value is -6.30. The van der Waals surface area contributed by atoms with Gasteiger partial charge in [-0.25, -0.2) is 4.99 Å². The number of rotatable bonds is 4. The Bertz CT molecular complexity index is 2740. The number of aliphatic imine (C=N–C) groups is 2. The van der Waals surface area contributed by atoms with E-state index in [1.807, 2.05) is 18.2 Å². The lowest BCUT2D eigenvalue weighted by Crippen LogP contribution is -2.89. The Morgan fingerprint density at radius 1 is 0.542 bits per heavy atom. The molecule has 0 fully saturated rings. The van der Waals surface area contributed by atoms with Crippen LogP contribution in [0.15, 0.2) is 172 Å². The largest absolute Gasteiger partial charge is 0.454 e. The topological polar surface area (TPSA) is 59.4 Å². The third-order valence-corrected chi connectivity index (χ3v) is 9.55. The summed E-state index contributed by atoms with van der Waals surface area (Å²) in [4.78, 5) is 10.2. The molecule has 2 N–H and O–H groups in total. The van der Waals surface area contributed by atoms with Gasteiger partial charge in [0, 0.05) is 38.4 Å². The number of para-hydroxylation sites is 2. The molecule has 226 valence electrons. The molecule has 0 aliphatic carbocycles. The Kier molecular flexibility index (Phi) is 5.95. The summed E-state index contributed by atoms with van der Waals surface area (Å²) in [6.45, 7) is 0. The summed E-state index contributed by atoms with van der Waals surface area (Å²) >= 11 is 0. The van der Waals surface area contributed by atoms with Gasteiger partial charge in [-0.2, -0.15) is 4.99 Å². The van der Waals surface area contributed by atoms with Crippen molar-refractivity contribution in [3.05, 3.63) is 174 Å². The van der Waals surface area contributed by atoms with Gasteiger partial charge in [-0.1, -0.05) is 109 Å². The first-order valence-electron chi connectivity index (χ1n) is 16.3. The monoisotopic (exact) mass is 617 g/mol. The lowest BCUT2D eigenvalue weighted by molar-refractivity contribution is -0.586. The third-order valence-electron chi connectivity index (χ3n) is 9.55. The van der Waals surface area contributed by atoms with Gasteiger partial charge in [0.2, 0.25) is 12.0 Å². The molecule has 0 saturated heterocycles. The fraction of sp³-hybridized carbons (Fsp3) is 0.0233. The molecule has 5 heteroatoms. The van der Waals surface area contributed by atoms with E-state index in [0.717, 1.165) is 67.0 Å². The number of amidine groups is 2. The summed E-state index contributed by atoms with van der Waals surface area (Å²) in [6.07, 6.45) is -0.124. The molecule has 9 aromatic rings. The van der Waals surface area contributed by atoms with E-state index in [2.05, 4.69) is 149 Å². The van der Waals surface area contributed by atoms with E-state index < -0.39 is 0 Å². The molecule has 1 aliphatic heterocycles. The van der Waals surface area contributed by atoms with E-state index >= 15 is 0 Å². The summed E-state index contributed by atoms with van der Waals surface area (Å²) in [5.74, 6) is 1.66. The zero-order valence-corrected chi connectivity index (χ0v) is 25.9. The van der Waals surface area contributed by atoms with E-state index in [1.165, 1.54) is 21.5 Å². The summed E-state index contributed by atoms with van der Waals surface area (Å²) in [7, 11) is 0. The Morgan fingerprint density at radius 2 is 1.17 bits per heavy atom. The molecule has 10 rings (SSSR count). The molecular formula is C43H29N4O+. The maximum atomic E-state index is 6.73. The van der Waals surface area contributed by atoms with Gasteiger partial charge in [-0.15, -0.1) is 0 Å². The van der Waals surface area contributed by atoms with Crippen molar-refractivity contribution in [1.29, 1.82) is 0 Å². The Balaban J connectivity index is 1.19. The minimum absolute atomic E-state index is 0.124. The van der Waals surface area contributed by atoms with Gasteiger partial charge in [-0.3, -0.25) is 5.32 Å². The normalized spacial score (nSPS) is 15.0. The summed E-state index contributed by atoms with van der Waals surface area (Å²) in [5, 5.41) is 9.26. The number of aromatic nitrogens is 1. The van der Waals surface area contributed by atoms with Gasteiger partial charge in [0.25, 0.3) is 0 Å². The van der Waals surface area contributed by atoms with E-state index in [-0.39, 0.29) is 6.17 Å². The number of nitrogens with zero attached hydrogens (tertiary/aromatic N) is 3. The first-order valence-corrected chi connectivity index (χ1v) is 16.3. The highest BCUT2D eigenvalue weighted by Gasteiger charge is 2.26. The average molecular weight is 618 g/mol. The second kappa shape index (κ2) is 10.6. The fourth-order valence-corrected chi connectivity index (χ4v) is 7.38. The van der Waals surface area contributed by atoms with Crippen LogP contribution in [0.4, 0.5) is 0 Å². The number of fused-ring (bicyclic) bond motifs is 10. The fourth-order valence-electron chi connectivity index (χ4n) is 7.38. The standard InChI is InChI=1S/C43H28N4O/c1-3-13-27(14-4-1)41-44-42(28-15-5-2-6-16-28)46-43(45-41)29-23-25-30(26-24-29)47-35-21-11-9-19-33(35)37-31-17-7-8-18-32(31)38-34-20-10-12-22-36(34)48-40(38)39(37)47/h1-26,41H,(H,44,45,46)/p+1. The van der Waals surface area contributed by atoms with Crippen LogP contribution in [-0.4, -0.2) is 16.2 Å². The van der Waals surface area contributed by atoms with E-state index in [0.29, 0.717) is 0 Å². The lowest BCUT2D eigenvalue weighted by Gasteiger charge is -2.19. The number of hydrogen-bond donors (Lipinski definition) is 1. The quantitative estimate of drug-likeness (QED) is 0.210. The highest BCUT2D eigenvalue weighted by molar-refractivity contribution is 6.35. The van der Waals surface area contributed by atoms with Gasteiger partial charge in [0.1, 0.15) is 5.58 Å². The van der Waals surface area contributed by atoms with Crippen LogP contribution in [0.5, 0.6) is 0 Å². The van der Waals surface area contributed by atoms with Crippen molar-refractivity contribution in [2.45, 2.75) is 6.17 Å². The molecule has 0 bridgehead atoms. The molecule has 1 aliphatic rings. The molecule has 2 aromatic heterocycles. The first kappa shape index (κ1) is 26.9. The minimum Gasteiger partial charge on any atom is -0.454 e. The molecule has 48 heavy (non-hydrogen) atoms. The summed E-state index contributed by atoms with van der Waals surface area (Å²) < 4.78 is 9.09. The number of hydrogen-bond acceptors (Lipinski definition) is 3. The first-order chi connectivity index (χ1) is 23.8. The molecule has 7 aromatic carbocycles. The maximum Gasteiger partial charge on any atom is 0.235 e. The molecule has 0 amide bonds. The zero-order valence-electron chi connectivity index (χ0n) is 25.9. The van der Waals surface area contributed by atoms with Crippen LogP contribution in [-0.2, 0) is 0 Å². The minimum atomic E-state index is -0.124. The number of quaternary nitrogens is 1. The second-order valence-corrected chi connectivity index (χ2v) is 12.3. The highest BCUT2D eigenvalue weighted by atomic mass is 16.3. The van der Waals surface area contributed by atoms with Gasteiger partial charge < -0.3 is 8.98 Å². The Morgan fingerprint density at radius 3 is 1.94 bits per heavy atom. The molecular weight excluding hydrogens is 589 g/mol. The third kappa shape index (κ3) is 4.08. The number of benzene rings is 7. The smallest absolute Gasteiger partial charge is 0.235 e. The van der Waals surface area contributed by atoms with Crippen molar-refractivity contribution in [1.82, 2.24) is 4.57 Å². The van der Waals surface area contributed by atoms with Crippen molar-refractivity contribution in [2.24, 2.45) is 9.98 Å². The van der Waals surface area contributed by atoms with Crippen molar-refractivity contribution in [3.8, 4) is 5.69 Å². The van der Waals surface area contributed by atoms with E-state index in [9.17, 15) is 0 Å². The summed E-state index contributed by atoms with van der Waals surface area (Å²) in [6, 6.07) is 55.1. The van der Waals surface area contributed by atoms with Crippen molar-refractivity contribution in [2.75, 3.05) is 0 Å². The van der Waals surface area contributed by atoms with Crippen molar-refractivity contribution in [3.63, 3.8) is 0 Å². The molecule has 0 saturated carbocycles. The van der Waals surface area contributed by atoms with Gasteiger partial charge >= 0.3 is 0 Å². The van der Waals surface area contributed by atoms with Crippen molar-refractivity contribution >= 4 is 66.2 Å². The van der Waals surface area contributed by atoms with Crippen LogP contribution in [0.25, 0.3) is 60.2 Å². The molecule has 1 unspecified atom stereocenters. The van der Waals surface area contributed by atoms with Crippen LogP contribution in [0.3, 0.4) is 0 Å². The molecule has 0 radical (unpaired) electrons. The highest BCUT2D eigenvalue weighted by Crippen LogP contribution is 2.45.